The standard InChI is InChI=1S/C10H17BrN2O2/c1-7(4-5-14)13-8(6-12)9-2-3-10(11)15-9/h2-3,7-8,13-14H,4-6,12H2,1H3. The monoisotopic (exact) mass is 276 g/mol. The fourth-order valence-electron chi connectivity index (χ4n) is 1.40. The van der Waals surface area contributed by atoms with Gasteiger partial charge >= 0.3 is 0 Å². The molecular formula is C10H17BrN2O2. The average Bonchev–Trinajstić information content (AvgIpc) is 2.61. The summed E-state index contributed by atoms with van der Waals surface area (Å²) in [4.78, 5) is 0. The molecule has 0 amide bonds. The summed E-state index contributed by atoms with van der Waals surface area (Å²) in [6.45, 7) is 2.65. The minimum atomic E-state index is -0.00199. The van der Waals surface area contributed by atoms with E-state index in [4.69, 9.17) is 15.3 Å². The Kier molecular flexibility index (Phi) is 5.31. The summed E-state index contributed by atoms with van der Waals surface area (Å²) in [5.41, 5.74) is 5.66. The molecule has 5 heteroatoms. The zero-order valence-electron chi connectivity index (χ0n) is 8.74. The van der Waals surface area contributed by atoms with Gasteiger partial charge in [-0.2, -0.15) is 0 Å². The largest absolute Gasteiger partial charge is 0.453 e. The van der Waals surface area contributed by atoms with Crippen LogP contribution in [0.1, 0.15) is 25.1 Å². The zero-order chi connectivity index (χ0) is 11.3. The molecule has 0 bridgehead atoms. The lowest BCUT2D eigenvalue weighted by atomic mass is 10.1. The number of nitrogens with one attached hydrogen (secondary N) is 1. The van der Waals surface area contributed by atoms with Crippen LogP contribution in [0.2, 0.25) is 0 Å². The van der Waals surface area contributed by atoms with Gasteiger partial charge in [0, 0.05) is 19.2 Å². The number of hydrogen-bond donors (Lipinski definition) is 3. The molecule has 0 radical (unpaired) electrons. The summed E-state index contributed by atoms with van der Waals surface area (Å²) in [6, 6.07) is 3.95. The van der Waals surface area contributed by atoms with Crippen molar-refractivity contribution in [3.63, 3.8) is 0 Å². The van der Waals surface area contributed by atoms with Crippen LogP contribution >= 0.6 is 15.9 Å². The molecule has 0 spiro atoms. The first-order valence-electron chi connectivity index (χ1n) is 4.99. The van der Waals surface area contributed by atoms with E-state index < -0.39 is 0 Å². The highest BCUT2D eigenvalue weighted by Crippen LogP contribution is 2.20. The first-order chi connectivity index (χ1) is 7.17. The van der Waals surface area contributed by atoms with Gasteiger partial charge in [-0.1, -0.05) is 0 Å². The van der Waals surface area contributed by atoms with E-state index in [2.05, 4.69) is 21.2 Å². The van der Waals surface area contributed by atoms with Crippen LogP contribution in [0.15, 0.2) is 21.2 Å². The molecule has 1 aromatic heterocycles. The lowest BCUT2D eigenvalue weighted by Gasteiger charge is -2.19. The highest BCUT2D eigenvalue weighted by Gasteiger charge is 2.15. The van der Waals surface area contributed by atoms with E-state index in [9.17, 15) is 0 Å². The number of hydrogen-bond acceptors (Lipinski definition) is 4. The second-order valence-electron chi connectivity index (χ2n) is 3.51. The molecule has 15 heavy (non-hydrogen) atoms. The minimum Gasteiger partial charge on any atom is -0.453 e. The molecule has 4 nitrogen and oxygen atoms in total. The fraction of sp³-hybridized carbons (Fsp3) is 0.600. The van der Waals surface area contributed by atoms with Gasteiger partial charge in [0.25, 0.3) is 0 Å². The van der Waals surface area contributed by atoms with Crippen LogP contribution in [-0.4, -0.2) is 24.3 Å². The van der Waals surface area contributed by atoms with Crippen molar-refractivity contribution in [2.75, 3.05) is 13.2 Å². The first-order valence-corrected chi connectivity index (χ1v) is 5.79. The van der Waals surface area contributed by atoms with Crippen LogP contribution in [0.3, 0.4) is 0 Å². The van der Waals surface area contributed by atoms with Crippen LogP contribution in [0.4, 0.5) is 0 Å². The molecule has 0 aliphatic rings. The van der Waals surface area contributed by atoms with Crippen molar-refractivity contribution >= 4 is 15.9 Å². The molecule has 2 atom stereocenters. The second-order valence-corrected chi connectivity index (χ2v) is 4.29. The summed E-state index contributed by atoms with van der Waals surface area (Å²) in [5, 5.41) is 12.1. The smallest absolute Gasteiger partial charge is 0.169 e. The predicted molar refractivity (Wildman–Crippen MR) is 62.5 cm³/mol. The number of nitrogens with two attached hydrogens (primary N) is 1. The van der Waals surface area contributed by atoms with Gasteiger partial charge in [0.15, 0.2) is 4.67 Å². The van der Waals surface area contributed by atoms with E-state index in [-0.39, 0.29) is 18.7 Å². The van der Waals surface area contributed by atoms with E-state index >= 15 is 0 Å². The molecular weight excluding hydrogens is 260 g/mol. The Hall–Kier alpha value is -0.360. The van der Waals surface area contributed by atoms with Crippen LogP contribution in [0.5, 0.6) is 0 Å². The Morgan fingerprint density at radius 3 is 2.80 bits per heavy atom. The third kappa shape index (κ3) is 3.95. The molecule has 0 aliphatic carbocycles. The summed E-state index contributed by atoms with van der Waals surface area (Å²) < 4.78 is 6.13. The number of aliphatic hydroxyl groups excluding tert-OH is 1. The number of rotatable bonds is 6. The summed E-state index contributed by atoms with van der Waals surface area (Å²) in [7, 11) is 0. The van der Waals surface area contributed by atoms with Crippen LogP contribution < -0.4 is 11.1 Å². The van der Waals surface area contributed by atoms with E-state index in [1.807, 2.05) is 19.1 Å². The third-order valence-electron chi connectivity index (χ3n) is 2.22. The Bertz CT molecular complexity index is 291. The molecule has 0 fully saturated rings. The molecule has 86 valence electrons. The van der Waals surface area contributed by atoms with Crippen molar-refractivity contribution in [2.24, 2.45) is 5.73 Å². The van der Waals surface area contributed by atoms with E-state index in [1.54, 1.807) is 0 Å². The highest BCUT2D eigenvalue weighted by molar-refractivity contribution is 9.10. The van der Waals surface area contributed by atoms with Gasteiger partial charge in [0.05, 0.1) is 6.04 Å². The third-order valence-corrected chi connectivity index (χ3v) is 2.65. The van der Waals surface area contributed by atoms with E-state index in [0.717, 1.165) is 5.76 Å². The predicted octanol–water partition coefficient (Wildman–Crippen LogP) is 1.40. The molecule has 2 unspecified atom stereocenters. The highest BCUT2D eigenvalue weighted by atomic mass is 79.9. The Balaban J connectivity index is 2.56. The van der Waals surface area contributed by atoms with Crippen molar-refractivity contribution in [3.05, 3.63) is 22.6 Å². The summed E-state index contributed by atoms with van der Waals surface area (Å²) in [5.74, 6) is 0.814. The minimum absolute atomic E-state index is 0.00199. The van der Waals surface area contributed by atoms with Crippen LogP contribution in [0, 0.1) is 0 Å². The number of furan rings is 1. The maximum absolute atomic E-state index is 8.79. The summed E-state index contributed by atoms with van der Waals surface area (Å²) >= 11 is 3.25. The molecule has 1 heterocycles. The quantitative estimate of drug-likeness (QED) is 0.735. The van der Waals surface area contributed by atoms with Crippen molar-refractivity contribution in [3.8, 4) is 0 Å². The van der Waals surface area contributed by atoms with Crippen LogP contribution in [-0.2, 0) is 0 Å². The Morgan fingerprint density at radius 1 is 1.60 bits per heavy atom. The van der Waals surface area contributed by atoms with Gasteiger partial charge < -0.3 is 20.6 Å². The lowest BCUT2D eigenvalue weighted by Crippen LogP contribution is -2.35. The van der Waals surface area contributed by atoms with Crippen molar-refractivity contribution < 1.29 is 9.52 Å². The lowest BCUT2D eigenvalue weighted by molar-refractivity contribution is 0.259. The maximum atomic E-state index is 8.79. The molecule has 4 N–H and O–H groups in total. The Labute approximate surface area is 98.0 Å². The summed E-state index contributed by atoms with van der Waals surface area (Å²) in [6.07, 6.45) is 0.707. The molecule has 0 saturated carbocycles. The van der Waals surface area contributed by atoms with Gasteiger partial charge in [0.2, 0.25) is 0 Å². The molecule has 1 rings (SSSR count). The van der Waals surface area contributed by atoms with E-state index in [0.29, 0.717) is 17.6 Å². The van der Waals surface area contributed by atoms with Crippen molar-refractivity contribution in [1.29, 1.82) is 0 Å². The average molecular weight is 277 g/mol. The van der Waals surface area contributed by atoms with Gasteiger partial charge in [-0.25, -0.2) is 0 Å². The molecule has 0 saturated heterocycles. The second kappa shape index (κ2) is 6.27. The fourth-order valence-corrected chi connectivity index (χ4v) is 1.72. The SMILES string of the molecule is CC(CCO)NC(CN)c1ccc(Br)o1. The normalized spacial score (nSPS) is 15.2. The topological polar surface area (TPSA) is 71.4 Å². The van der Waals surface area contributed by atoms with Crippen molar-refractivity contribution in [2.45, 2.75) is 25.4 Å². The number of halogens is 1. The molecule has 0 aliphatic heterocycles. The van der Waals surface area contributed by atoms with Gasteiger partial charge in [-0.15, -0.1) is 0 Å². The molecule has 0 aromatic carbocycles. The van der Waals surface area contributed by atoms with Crippen molar-refractivity contribution in [1.82, 2.24) is 5.32 Å². The van der Waals surface area contributed by atoms with Crippen LogP contribution in [0.25, 0.3) is 0 Å². The molecule has 1 aromatic rings. The van der Waals surface area contributed by atoms with Gasteiger partial charge in [-0.05, 0) is 41.4 Å². The van der Waals surface area contributed by atoms with Gasteiger partial charge in [-0.3, -0.25) is 0 Å². The van der Waals surface area contributed by atoms with E-state index in [1.165, 1.54) is 0 Å². The van der Waals surface area contributed by atoms with Gasteiger partial charge in [0.1, 0.15) is 5.76 Å². The maximum Gasteiger partial charge on any atom is 0.169 e. The first kappa shape index (κ1) is 12.7. The Morgan fingerprint density at radius 2 is 2.33 bits per heavy atom. The number of aliphatic hydroxyl groups is 1. The zero-order valence-corrected chi connectivity index (χ0v) is 10.3.